The number of alkyl halides is 1. The van der Waals surface area contributed by atoms with Gasteiger partial charge in [0.05, 0.1) is 5.69 Å². The number of hydrogen-bond acceptors (Lipinski definition) is 3. The molecule has 2 atom stereocenters. The highest BCUT2D eigenvalue weighted by Crippen LogP contribution is 2.35. The summed E-state index contributed by atoms with van der Waals surface area (Å²) in [7, 11) is 0. The number of hydrogen-bond donors (Lipinski definition) is 0. The van der Waals surface area contributed by atoms with Crippen LogP contribution in [0, 0.1) is 13.8 Å². The van der Waals surface area contributed by atoms with Crippen LogP contribution in [0.2, 0.25) is 0 Å². The molecule has 17 heavy (non-hydrogen) atoms. The molecule has 0 aliphatic rings. The topological polar surface area (TPSA) is 25.8 Å². The summed E-state index contributed by atoms with van der Waals surface area (Å²) in [5.74, 6) is 0.415. The van der Waals surface area contributed by atoms with Gasteiger partial charge < -0.3 is 0 Å². The summed E-state index contributed by atoms with van der Waals surface area (Å²) in [4.78, 5) is 11.8. The van der Waals surface area contributed by atoms with E-state index in [1.807, 2.05) is 0 Å². The van der Waals surface area contributed by atoms with Crippen LogP contribution in [0.4, 0.5) is 0 Å². The Morgan fingerprint density at radius 1 is 1.35 bits per heavy atom. The van der Waals surface area contributed by atoms with Crippen molar-refractivity contribution in [3.63, 3.8) is 0 Å². The van der Waals surface area contributed by atoms with Crippen molar-refractivity contribution in [1.82, 2.24) is 9.97 Å². The molecular formula is C13H17BrN2S. The van der Waals surface area contributed by atoms with Gasteiger partial charge in [0.15, 0.2) is 0 Å². The molecule has 2 aromatic rings. The molecular weight excluding hydrogens is 296 g/mol. The minimum Gasteiger partial charge on any atom is -0.240 e. The number of halogens is 1. The summed E-state index contributed by atoms with van der Waals surface area (Å²) in [5, 5.41) is 1.26. The molecule has 0 aromatic carbocycles. The molecule has 0 spiro atoms. The Balaban J connectivity index is 2.61. The van der Waals surface area contributed by atoms with E-state index < -0.39 is 0 Å². The van der Waals surface area contributed by atoms with Gasteiger partial charge in [-0.3, -0.25) is 0 Å². The van der Waals surface area contributed by atoms with E-state index in [4.69, 9.17) is 0 Å². The van der Waals surface area contributed by atoms with Crippen LogP contribution < -0.4 is 0 Å². The van der Waals surface area contributed by atoms with Gasteiger partial charge in [-0.25, -0.2) is 9.97 Å². The van der Waals surface area contributed by atoms with E-state index in [9.17, 15) is 0 Å². The van der Waals surface area contributed by atoms with Crippen LogP contribution in [0.25, 0.3) is 10.2 Å². The average Bonchev–Trinajstić information content (AvgIpc) is 2.63. The van der Waals surface area contributed by atoms with Gasteiger partial charge in [-0.15, -0.1) is 11.3 Å². The first-order valence-corrected chi connectivity index (χ1v) is 7.64. The van der Waals surface area contributed by atoms with Crippen LogP contribution in [0.1, 0.15) is 42.3 Å². The van der Waals surface area contributed by atoms with Crippen molar-refractivity contribution in [3.8, 4) is 0 Å². The molecule has 2 unspecified atom stereocenters. The van der Waals surface area contributed by atoms with E-state index in [-0.39, 0.29) is 0 Å². The molecule has 0 aliphatic heterocycles. The molecule has 92 valence electrons. The largest absolute Gasteiger partial charge is 0.240 e. The van der Waals surface area contributed by atoms with Crippen molar-refractivity contribution in [2.75, 3.05) is 0 Å². The Hall–Kier alpha value is -0.480. The summed E-state index contributed by atoms with van der Waals surface area (Å²) >= 11 is 5.50. The SMILES string of the molecule is CCC(Br)C(C)c1ncnc2sc(C)c(C)c12. The van der Waals surface area contributed by atoms with E-state index in [0.717, 1.165) is 11.3 Å². The molecule has 0 aliphatic carbocycles. The maximum atomic E-state index is 4.52. The molecule has 2 heterocycles. The first kappa shape index (κ1) is 13.0. The number of aryl methyl sites for hydroxylation is 2. The zero-order valence-corrected chi connectivity index (χ0v) is 13.0. The molecule has 4 heteroatoms. The van der Waals surface area contributed by atoms with Gasteiger partial charge >= 0.3 is 0 Å². The van der Waals surface area contributed by atoms with E-state index >= 15 is 0 Å². The lowest BCUT2D eigenvalue weighted by Gasteiger charge is -2.17. The van der Waals surface area contributed by atoms with E-state index in [2.05, 4.69) is 53.6 Å². The lowest BCUT2D eigenvalue weighted by Crippen LogP contribution is -2.10. The highest BCUT2D eigenvalue weighted by Gasteiger charge is 2.21. The third-order valence-corrected chi connectivity index (χ3v) is 5.91. The maximum absolute atomic E-state index is 4.52. The van der Waals surface area contributed by atoms with Crippen LogP contribution in [-0.4, -0.2) is 14.8 Å². The number of aromatic nitrogens is 2. The van der Waals surface area contributed by atoms with E-state index in [1.54, 1.807) is 17.7 Å². The van der Waals surface area contributed by atoms with Crippen molar-refractivity contribution in [2.24, 2.45) is 0 Å². The molecule has 0 amide bonds. The second kappa shape index (κ2) is 5.02. The monoisotopic (exact) mass is 312 g/mol. The summed E-state index contributed by atoms with van der Waals surface area (Å²) in [6, 6.07) is 0. The molecule has 0 bridgehead atoms. The molecule has 0 radical (unpaired) electrons. The first-order chi connectivity index (χ1) is 8.06. The third-order valence-electron chi connectivity index (χ3n) is 3.36. The summed E-state index contributed by atoms with van der Waals surface area (Å²) in [6.07, 6.45) is 2.80. The maximum Gasteiger partial charge on any atom is 0.127 e. The molecule has 2 nitrogen and oxygen atoms in total. The summed E-state index contributed by atoms with van der Waals surface area (Å²) in [5.41, 5.74) is 2.52. The standard InChI is InChI=1S/C13H17BrN2S/c1-5-10(14)8(3)12-11-7(2)9(4)17-13(11)16-6-15-12/h6,8,10H,5H2,1-4H3. The van der Waals surface area contributed by atoms with Crippen molar-refractivity contribution in [3.05, 3.63) is 22.5 Å². The fourth-order valence-corrected chi connectivity index (χ4v) is 3.33. The predicted octanol–water partition coefficient (Wildman–Crippen LogP) is 4.59. The van der Waals surface area contributed by atoms with Crippen molar-refractivity contribution in [2.45, 2.75) is 44.9 Å². The Labute approximate surface area is 115 Å². The van der Waals surface area contributed by atoms with Gasteiger partial charge in [-0.1, -0.05) is 29.8 Å². The Bertz CT molecular complexity index is 535. The first-order valence-electron chi connectivity index (χ1n) is 5.90. The van der Waals surface area contributed by atoms with Gasteiger partial charge in [0.25, 0.3) is 0 Å². The Morgan fingerprint density at radius 2 is 2.06 bits per heavy atom. The van der Waals surface area contributed by atoms with Crippen LogP contribution in [-0.2, 0) is 0 Å². The number of rotatable bonds is 3. The number of nitrogens with zero attached hydrogens (tertiary/aromatic N) is 2. The van der Waals surface area contributed by atoms with E-state index in [1.165, 1.54) is 21.5 Å². The summed E-state index contributed by atoms with van der Waals surface area (Å²) in [6.45, 7) is 8.75. The van der Waals surface area contributed by atoms with Gasteiger partial charge in [0.1, 0.15) is 11.2 Å². The van der Waals surface area contributed by atoms with Gasteiger partial charge in [0, 0.05) is 21.0 Å². The number of thiophene rings is 1. The lowest BCUT2D eigenvalue weighted by molar-refractivity contribution is 0.679. The molecule has 0 fully saturated rings. The minimum absolute atomic E-state index is 0.415. The quantitative estimate of drug-likeness (QED) is 0.775. The molecule has 0 saturated carbocycles. The zero-order valence-electron chi connectivity index (χ0n) is 10.6. The second-order valence-corrected chi connectivity index (χ2v) is 6.81. The fourth-order valence-electron chi connectivity index (χ4n) is 2.08. The van der Waals surface area contributed by atoms with Crippen molar-refractivity contribution in [1.29, 1.82) is 0 Å². The lowest BCUT2D eigenvalue weighted by atomic mass is 9.98. The highest BCUT2D eigenvalue weighted by molar-refractivity contribution is 9.09. The van der Waals surface area contributed by atoms with Crippen LogP contribution in [0.15, 0.2) is 6.33 Å². The average molecular weight is 313 g/mol. The van der Waals surface area contributed by atoms with Crippen molar-refractivity contribution >= 4 is 37.5 Å². The second-order valence-electron chi connectivity index (χ2n) is 4.44. The third kappa shape index (κ3) is 2.25. The van der Waals surface area contributed by atoms with Gasteiger partial charge in [0.2, 0.25) is 0 Å². The molecule has 2 aromatic heterocycles. The van der Waals surface area contributed by atoms with Crippen LogP contribution >= 0.6 is 27.3 Å². The summed E-state index contributed by atoms with van der Waals surface area (Å²) < 4.78 is 0. The Morgan fingerprint density at radius 3 is 2.71 bits per heavy atom. The van der Waals surface area contributed by atoms with E-state index in [0.29, 0.717) is 10.7 Å². The normalized spacial score (nSPS) is 15.1. The fraction of sp³-hybridized carbons (Fsp3) is 0.538. The smallest absolute Gasteiger partial charge is 0.127 e. The van der Waals surface area contributed by atoms with Gasteiger partial charge in [-0.05, 0) is 25.8 Å². The number of fused-ring (bicyclic) bond motifs is 1. The zero-order chi connectivity index (χ0) is 12.6. The van der Waals surface area contributed by atoms with Crippen molar-refractivity contribution < 1.29 is 0 Å². The van der Waals surface area contributed by atoms with Crippen LogP contribution in [0.5, 0.6) is 0 Å². The Kier molecular flexibility index (Phi) is 3.83. The van der Waals surface area contributed by atoms with Crippen LogP contribution in [0.3, 0.4) is 0 Å². The predicted molar refractivity (Wildman–Crippen MR) is 78.3 cm³/mol. The highest BCUT2D eigenvalue weighted by atomic mass is 79.9. The molecule has 2 rings (SSSR count). The molecule has 0 N–H and O–H groups in total. The van der Waals surface area contributed by atoms with Gasteiger partial charge in [-0.2, -0.15) is 0 Å². The minimum atomic E-state index is 0.415. The molecule has 0 saturated heterocycles.